The molecule has 0 aromatic carbocycles. The number of amides is 2. The molecule has 140 valence electrons. The summed E-state index contributed by atoms with van der Waals surface area (Å²) in [4.78, 5) is 37.4. The summed E-state index contributed by atoms with van der Waals surface area (Å²) in [7, 11) is 0. The van der Waals surface area contributed by atoms with Gasteiger partial charge in [0.15, 0.2) is 0 Å². The van der Waals surface area contributed by atoms with Crippen molar-refractivity contribution in [1.29, 1.82) is 0 Å². The SMILES string of the molecule is O=C(Nc1ccc(N2CCCC2)nc1)[C@H]1CC(=O)N(Cc2ccccn2)C1. The molecule has 0 radical (unpaired) electrons. The van der Waals surface area contributed by atoms with Gasteiger partial charge in [0.25, 0.3) is 0 Å². The van der Waals surface area contributed by atoms with Crippen LogP contribution < -0.4 is 10.2 Å². The fourth-order valence-electron chi connectivity index (χ4n) is 3.63. The van der Waals surface area contributed by atoms with Gasteiger partial charge in [-0.25, -0.2) is 4.98 Å². The number of nitrogens with zero attached hydrogens (tertiary/aromatic N) is 4. The Hall–Kier alpha value is -2.96. The number of pyridine rings is 2. The smallest absolute Gasteiger partial charge is 0.229 e. The molecule has 0 bridgehead atoms. The molecule has 2 aliphatic rings. The minimum absolute atomic E-state index is 0.0108. The zero-order chi connectivity index (χ0) is 18.6. The number of carbonyl (C=O) groups excluding carboxylic acids is 2. The van der Waals surface area contributed by atoms with Crippen LogP contribution in [0.3, 0.4) is 0 Å². The summed E-state index contributed by atoms with van der Waals surface area (Å²) < 4.78 is 0. The van der Waals surface area contributed by atoms with Gasteiger partial charge in [-0.2, -0.15) is 0 Å². The van der Waals surface area contributed by atoms with Crippen molar-refractivity contribution in [3.63, 3.8) is 0 Å². The van der Waals surface area contributed by atoms with Crippen molar-refractivity contribution in [2.24, 2.45) is 5.92 Å². The monoisotopic (exact) mass is 365 g/mol. The standard InChI is InChI=1S/C20H23N5O2/c26-19-11-15(13-25(19)14-17-5-1-2-8-21-17)20(27)23-16-6-7-18(22-12-16)24-9-3-4-10-24/h1-2,5-8,12,15H,3-4,9-11,13-14H2,(H,23,27)/t15-/m0/s1. The highest BCUT2D eigenvalue weighted by Crippen LogP contribution is 2.23. The van der Waals surface area contributed by atoms with E-state index in [-0.39, 0.29) is 24.2 Å². The van der Waals surface area contributed by atoms with Gasteiger partial charge in [0.1, 0.15) is 5.82 Å². The van der Waals surface area contributed by atoms with Crippen molar-refractivity contribution in [3.05, 3.63) is 48.4 Å². The van der Waals surface area contributed by atoms with Crippen LogP contribution >= 0.6 is 0 Å². The number of likely N-dealkylation sites (tertiary alicyclic amines) is 1. The van der Waals surface area contributed by atoms with Crippen LogP contribution in [0.4, 0.5) is 11.5 Å². The molecule has 2 amide bonds. The average molecular weight is 365 g/mol. The Balaban J connectivity index is 1.33. The van der Waals surface area contributed by atoms with Crippen molar-refractivity contribution in [2.75, 3.05) is 29.9 Å². The second-order valence-electron chi connectivity index (χ2n) is 7.08. The Kier molecular flexibility index (Phi) is 5.00. The number of aromatic nitrogens is 2. The molecule has 27 heavy (non-hydrogen) atoms. The van der Waals surface area contributed by atoms with Crippen LogP contribution in [0.5, 0.6) is 0 Å². The summed E-state index contributed by atoms with van der Waals surface area (Å²) in [6, 6.07) is 9.43. The first kappa shape index (κ1) is 17.5. The second-order valence-corrected chi connectivity index (χ2v) is 7.08. The van der Waals surface area contributed by atoms with Crippen LogP contribution in [0.15, 0.2) is 42.7 Å². The maximum Gasteiger partial charge on any atom is 0.229 e. The molecule has 0 aliphatic carbocycles. The summed E-state index contributed by atoms with van der Waals surface area (Å²) in [5.41, 5.74) is 1.49. The summed E-state index contributed by atoms with van der Waals surface area (Å²) >= 11 is 0. The largest absolute Gasteiger partial charge is 0.357 e. The van der Waals surface area contributed by atoms with Crippen LogP contribution in [0.25, 0.3) is 0 Å². The lowest BCUT2D eigenvalue weighted by atomic mass is 10.1. The quantitative estimate of drug-likeness (QED) is 0.878. The second kappa shape index (κ2) is 7.73. The zero-order valence-corrected chi connectivity index (χ0v) is 15.2. The summed E-state index contributed by atoms with van der Waals surface area (Å²) in [6.45, 7) is 2.93. The van der Waals surface area contributed by atoms with E-state index in [1.165, 1.54) is 12.8 Å². The molecule has 2 aromatic heterocycles. The lowest BCUT2D eigenvalue weighted by Crippen LogP contribution is -2.28. The molecular weight excluding hydrogens is 342 g/mol. The highest BCUT2D eigenvalue weighted by Gasteiger charge is 2.34. The number of hydrogen-bond acceptors (Lipinski definition) is 5. The van der Waals surface area contributed by atoms with Crippen LogP contribution in [0.1, 0.15) is 25.0 Å². The Morgan fingerprint density at radius 2 is 2.00 bits per heavy atom. The molecule has 4 heterocycles. The van der Waals surface area contributed by atoms with Crippen LogP contribution in [-0.4, -0.2) is 46.3 Å². The van der Waals surface area contributed by atoms with Crippen molar-refractivity contribution >= 4 is 23.3 Å². The normalized spacial score (nSPS) is 19.6. The summed E-state index contributed by atoms with van der Waals surface area (Å²) in [5, 5.41) is 2.89. The molecular formula is C20H23N5O2. The van der Waals surface area contributed by atoms with Crippen molar-refractivity contribution in [1.82, 2.24) is 14.9 Å². The number of carbonyl (C=O) groups is 2. The molecule has 7 heteroatoms. The number of anilines is 2. The van der Waals surface area contributed by atoms with E-state index < -0.39 is 0 Å². The van der Waals surface area contributed by atoms with E-state index >= 15 is 0 Å². The first-order valence-corrected chi connectivity index (χ1v) is 9.38. The highest BCUT2D eigenvalue weighted by molar-refractivity contribution is 5.97. The van der Waals surface area contributed by atoms with E-state index in [1.54, 1.807) is 17.3 Å². The Morgan fingerprint density at radius 1 is 1.15 bits per heavy atom. The molecule has 1 N–H and O–H groups in total. The van der Waals surface area contributed by atoms with Gasteiger partial charge in [0, 0.05) is 32.3 Å². The number of nitrogens with one attached hydrogen (secondary N) is 1. The third-order valence-electron chi connectivity index (χ3n) is 5.11. The van der Waals surface area contributed by atoms with E-state index in [4.69, 9.17) is 0 Å². The summed E-state index contributed by atoms with van der Waals surface area (Å²) in [5.74, 6) is 0.452. The molecule has 0 spiro atoms. The van der Waals surface area contributed by atoms with Gasteiger partial charge in [-0.05, 0) is 37.1 Å². The highest BCUT2D eigenvalue weighted by atomic mass is 16.2. The molecule has 4 rings (SSSR count). The minimum Gasteiger partial charge on any atom is -0.357 e. The first-order valence-electron chi connectivity index (χ1n) is 9.38. The molecule has 1 atom stereocenters. The third kappa shape index (κ3) is 4.07. The van der Waals surface area contributed by atoms with Crippen LogP contribution in [0.2, 0.25) is 0 Å². The molecule has 0 saturated carbocycles. The van der Waals surface area contributed by atoms with Crippen molar-refractivity contribution < 1.29 is 9.59 Å². The molecule has 0 unspecified atom stereocenters. The van der Waals surface area contributed by atoms with Gasteiger partial charge < -0.3 is 15.1 Å². The number of rotatable bonds is 5. The van der Waals surface area contributed by atoms with Gasteiger partial charge in [0.2, 0.25) is 11.8 Å². The Labute approximate surface area is 158 Å². The van der Waals surface area contributed by atoms with Gasteiger partial charge in [-0.15, -0.1) is 0 Å². The molecule has 2 aromatic rings. The van der Waals surface area contributed by atoms with Crippen molar-refractivity contribution in [2.45, 2.75) is 25.8 Å². The van der Waals surface area contributed by atoms with E-state index in [9.17, 15) is 9.59 Å². The third-order valence-corrected chi connectivity index (χ3v) is 5.11. The molecule has 7 nitrogen and oxygen atoms in total. The summed E-state index contributed by atoms with van der Waals surface area (Å²) in [6.07, 6.45) is 6.03. The maximum absolute atomic E-state index is 12.6. The van der Waals surface area contributed by atoms with Crippen molar-refractivity contribution in [3.8, 4) is 0 Å². The fraction of sp³-hybridized carbons (Fsp3) is 0.400. The Bertz CT molecular complexity index is 803. The molecule has 2 fully saturated rings. The zero-order valence-electron chi connectivity index (χ0n) is 15.2. The maximum atomic E-state index is 12.6. The topological polar surface area (TPSA) is 78.4 Å². The minimum atomic E-state index is -0.348. The predicted octanol–water partition coefficient (Wildman–Crippen LogP) is 2.06. The lowest BCUT2D eigenvalue weighted by molar-refractivity contribution is -0.128. The first-order chi connectivity index (χ1) is 13.2. The fourth-order valence-corrected chi connectivity index (χ4v) is 3.63. The van der Waals surface area contributed by atoms with E-state index in [1.807, 2.05) is 30.3 Å². The van der Waals surface area contributed by atoms with Gasteiger partial charge >= 0.3 is 0 Å². The molecule has 2 saturated heterocycles. The van der Waals surface area contributed by atoms with E-state index in [2.05, 4.69) is 20.2 Å². The van der Waals surface area contributed by atoms with E-state index in [0.717, 1.165) is 24.6 Å². The van der Waals surface area contributed by atoms with Gasteiger partial charge in [-0.3, -0.25) is 14.6 Å². The van der Waals surface area contributed by atoms with Crippen LogP contribution in [0, 0.1) is 5.92 Å². The predicted molar refractivity (Wildman–Crippen MR) is 102 cm³/mol. The van der Waals surface area contributed by atoms with Gasteiger partial charge in [0.05, 0.1) is 30.0 Å². The Morgan fingerprint density at radius 3 is 2.70 bits per heavy atom. The number of hydrogen-bond donors (Lipinski definition) is 1. The lowest BCUT2D eigenvalue weighted by Gasteiger charge is -2.17. The van der Waals surface area contributed by atoms with E-state index in [0.29, 0.717) is 18.8 Å². The van der Waals surface area contributed by atoms with Gasteiger partial charge in [-0.1, -0.05) is 6.07 Å². The van der Waals surface area contributed by atoms with Crippen LogP contribution in [-0.2, 0) is 16.1 Å². The molecule has 2 aliphatic heterocycles. The average Bonchev–Trinajstić information content (AvgIpc) is 3.34.